The predicted octanol–water partition coefficient (Wildman–Crippen LogP) is 1.36. The van der Waals surface area contributed by atoms with Crippen molar-refractivity contribution in [1.82, 2.24) is 4.90 Å². The molecule has 0 amide bonds. The van der Waals surface area contributed by atoms with E-state index >= 15 is 0 Å². The molecule has 0 radical (unpaired) electrons. The highest BCUT2D eigenvalue weighted by molar-refractivity contribution is 5.92. The van der Waals surface area contributed by atoms with Gasteiger partial charge in [0.25, 0.3) is 0 Å². The fourth-order valence-electron chi connectivity index (χ4n) is 1.30. The monoisotopic (exact) mass is 220 g/mol. The van der Waals surface area contributed by atoms with Crippen LogP contribution in [0.15, 0.2) is 35.3 Å². The van der Waals surface area contributed by atoms with Gasteiger partial charge in [0.15, 0.2) is 5.96 Å². The third-order valence-electron chi connectivity index (χ3n) is 2.09. The number of hydrogen-bond donors (Lipinski definition) is 2. The maximum absolute atomic E-state index is 5.75. The van der Waals surface area contributed by atoms with Gasteiger partial charge < -0.3 is 16.0 Å². The first kappa shape index (κ1) is 12.5. The summed E-state index contributed by atoms with van der Waals surface area (Å²) >= 11 is 0. The number of benzene rings is 1. The van der Waals surface area contributed by atoms with Gasteiger partial charge >= 0.3 is 0 Å². The molecule has 1 aromatic carbocycles. The lowest BCUT2D eigenvalue weighted by atomic mass is 10.3. The van der Waals surface area contributed by atoms with E-state index in [1.807, 2.05) is 30.3 Å². The van der Waals surface area contributed by atoms with Gasteiger partial charge in [0.05, 0.1) is 0 Å². The predicted molar refractivity (Wildman–Crippen MR) is 69.7 cm³/mol. The number of nitrogens with one attached hydrogen (secondary N) is 1. The van der Waals surface area contributed by atoms with Crippen molar-refractivity contribution in [3.63, 3.8) is 0 Å². The molecule has 4 heteroatoms. The SMILES string of the molecule is CN(C)CCCN=C(N)Nc1ccccc1. The molecule has 0 aliphatic heterocycles. The first-order valence-electron chi connectivity index (χ1n) is 5.45. The number of hydrogen-bond acceptors (Lipinski definition) is 2. The highest BCUT2D eigenvalue weighted by Gasteiger charge is 1.93. The Hall–Kier alpha value is -1.55. The van der Waals surface area contributed by atoms with Crippen LogP contribution in [0.25, 0.3) is 0 Å². The van der Waals surface area contributed by atoms with Gasteiger partial charge in [-0.3, -0.25) is 4.99 Å². The van der Waals surface area contributed by atoms with E-state index in [1.54, 1.807) is 0 Å². The zero-order valence-electron chi connectivity index (χ0n) is 9.98. The molecule has 0 spiro atoms. The second-order valence-corrected chi connectivity index (χ2v) is 3.91. The Bertz CT molecular complexity index is 319. The molecule has 0 fully saturated rings. The first-order valence-corrected chi connectivity index (χ1v) is 5.45. The maximum Gasteiger partial charge on any atom is 0.193 e. The lowest BCUT2D eigenvalue weighted by Crippen LogP contribution is -2.23. The van der Waals surface area contributed by atoms with Gasteiger partial charge in [-0.2, -0.15) is 0 Å². The van der Waals surface area contributed by atoms with Crippen LogP contribution in [-0.2, 0) is 0 Å². The van der Waals surface area contributed by atoms with Gasteiger partial charge in [-0.1, -0.05) is 18.2 Å². The van der Waals surface area contributed by atoms with Crippen LogP contribution in [0.5, 0.6) is 0 Å². The Kier molecular flexibility index (Phi) is 5.36. The lowest BCUT2D eigenvalue weighted by molar-refractivity contribution is 0.403. The standard InChI is InChI=1S/C12H20N4/c1-16(2)10-6-9-14-12(13)15-11-7-4-3-5-8-11/h3-5,7-8H,6,9-10H2,1-2H3,(H3,13,14,15). The van der Waals surface area contributed by atoms with Crippen LogP contribution in [0.1, 0.15) is 6.42 Å². The fourth-order valence-corrected chi connectivity index (χ4v) is 1.30. The molecule has 0 unspecified atom stereocenters. The van der Waals surface area contributed by atoms with Gasteiger partial charge in [-0.25, -0.2) is 0 Å². The first-order chi connectivity index (χ1) is 7.68. The average Bonchev–Trinajstić information content (AvgIpc) is 2.25. The van der Waals surface area contributed by atoms with Gasteiger partial charge in [-0.15, -0.1) is 0 Å². The van der Waals surface area contributed by atoms with Crippen molar-refractivity contribution >= 4 is 11.6 Å². The molecule has 16 heavy (non-hydrogen) atoms. The van der Waals surface area contributed by atoms with Gasteiger partial charge in [0, 0.05) is 12.2 Å². The Morgan fingerprint density at radius 1 is 1.31 bits per heavy atom. The summed E-state index contributed by atoms with van der Waals surface area (Å²) in [4.78, 5) is 6.38. The fraction of sp³-hybridized carbons (Fsp3) is 0.417. The number of nitrogens with zero attached hydrogens (tertiary/aromatic N) is 2. The van der Waals surface area contributed by atoms with E-state index in [9.17, 15) is 0 Å². The Morgan fingerprint density at radius 3 is 2.62 bits per heavy atom. The highest BCUT2D eigenvalue weighted by Crippen LogP contribution is 2.03. The molecule has 0 aliphatic carbocycles. The van der Waals surface area contributed by atoms with Crippen molar-refractivity contribution in [3.8, 4) is 0 Å². The minimum Gasteiger partial charge on any atom is -0.370 e. The number of anilines is 1. The minimum absolute atomic E-state index is 0.477. The van der Waals surface area contributed by atoms with Crippen LogP contribution >= 0.6 is 0 Å². The third-order valence-corrected chi connectivity index (χ3v) is 2.09. The second kappa shape index (κ2) is 6.85. The van der Waals surface area contributed by atoms with Crippen LogP contribution in [-0.4, -0.2) is 38.0 Å². The van der Waals surface area contributed by atoms with Crippen molar-refractivity contribution < 1.29 is 0 Å². The summed E-state index contributed by atoms with van der Waals surface area (Å²) in [7, 11) is 4.10. The summed E-state index contributed by atoms with van der Waals surface area (Å²) in [5, 5.41) is 3.04. The maximum atomic E-state index is 5.75. The molecule has 0 bridgehead atoms. The summed E-state index contributed by atoms with van der Waals surface area (Å²) < 4.78 is 0. The van der Waals surface area contributed by atoms with Crippen molar-refractivity contribution in [2.75, 3.05) is 32.5 Å². The molecular weight excluding hydrogens is 200 g/mol. The largest absolute Gasteiger partial charge is 0.370 e. The van der Waals surface area contributed by atoms with E-state index in [-0.39, 0.29) is 0 Å². The van der Waals surface area contributed by atoms with Crippen molar-refractivity contribution in [2.45, 2.75) is 6.42 Å². The summed E-state index contributed by atoms with van der Waals surface area (Å²) in [6.07, 6.45) is 1.02. The molecule has 0 atom stereocenters. The quantitative estimate of drug-likeness (QED) is 0.447. The normalized spacial score (nSPS) is 11.8. The lowest BCUT2D eigenvalue weighted by Gasteiger charge is -2.08. The van der Waals surface area contributed by atoms with Crippen LogP contribution in [0.2, 0.25) is 0 Å². The van der Waals surface area contributed by atoms with Gasteiger partial charge in [-0.05, 0) is 39.2 Å². The highest BCUT2D eigenvalue weighted by atomic mass is 15.1. The molecule has 0 aromatic heterocycles. The van der Waals surface area contributed by atoms with Crippen LogP contribution in [0.3, 0.4) is 0 Å². The Balaban J connectivity index is 2.29. The number of para-hydroxylation sites is 1. The topological polar surface area (TPSA) is 53.6 Å². The number of guanidine groups is 1. The second-order valence-electron chi connectivity index (χ2n) is 3.91. The number of nitrogens with two attached hydrogens (primary N) is 1. The van der Waals surface area contributed by atoms with Crippen LogP contribution in [0.4, 0.5) is 5.69 Å². The zero-order valence-corrected chi connectivity index (χ0v) is 9.98. The molecule has 88 valence electrons. The van der Waals surface area contributed by atoms with Crippen molar-refractivity contribution in [3.05, 3.63) is 30.3 Å². The molecule has 0 saturated heterocycles. The van der Waals surface area contributed by atoms with Gasteiger partial charge in [0.1, 0.15) is 0 Å². The van der Waals surface area contributed by atoms with E-state index in [0.29, 0.717) is 5.96 Å². The summed E-state index contributed by atoms with van der Waals surface area (Å²) in [6.45, 7) is 1.78. The van der Waals surface area contributed by atoms with Crippen LogP contribution in [0, 0.1) is 0 Å². The molecule has 0 aliphatic rings. The van der Waals surface area contributed by atoms with Crippen LogP contribution < -0.4 is 11.1 Å². The Morgan fingerprint density at radius 2 is 2.00 bits per heavy atom. The summed E-state index contributed by atoms with van der Waals surface area (Å²) in [6, 6.07) is 9.81. The summed E-state index contributed by atoms with van der Waals surface area (Å²) in [5.41, 5.74) is 6.72. The number of aliphatic imine (C=N–C) groups is 1. The van der Waals surface area contributed by atoms with Crippen molar-refractivity contribution in [1.29, 1.82) is 0 Å². The average molecular weight is 220 g/mol. The van der Waals surface area contributed by atoms with E-state index in [1.165, 1.54) is 0 Å². The number of rotatable bonds is 5. The Labute approximate surface area is 97.2 Å². The van der Waals surface area contributed by atoms with E-state index in [2.05, 4.69) is 29.3 Å². The smallest absolute Gasteiger partial charge is 0.193 e. The van der Waals surface area contributed by atoms with E-state index < -0.39 is 0 Å². The molecule has 4 nitrogen and oxygen atoms in total. The molecule has 3 N–H and O–H groups in total. The van der Waals surface area contributed by atoms with Gasteiger partial charge in [0.2, 0.25) is 0 Å². The molecular formula is C12H20N4. The molecule has 0 heterocycles. The molecule has 0 saturated carbocycles. The molecule has 1 aromatic rings. The van der Waals surface area contributed by atoms with E-state index in [0.717, 1.165) is 25.2 Å². The minimum atomic E-state index is 0.477. The van der Waals surface area contributed by atoms with E-state index in [4.69, 9.17) is 5.73 Å². The summed E-state index contributed by atoms with van der Waals surface area (Å²) in [5.74, 6) is 0.477. The zero-order chi connectivity index (χ0) is 11.8. The third kappa shape index (κ3) is 5.36. The molecule has 1 rings (SSSR count). The van der Waals surface area contributed by atoms with Crippen molar-refractivity contribution in [2.24, 2.45) is 10.7 Å².